The lowest BCUT2D eigenvalue weighted by molar-refractivity contribution is -0.105. The number of hydrogen-bond donors (Lipinski definition) is 0. The Hall–Kier alpha value is -1.57. The molecule has 6 nitrogen and oxygen atoms in total. The van der Waals surface area contributed by atoms with Crippen LogP contribution in [0.25, 0.3) is 0 Å². The number of rotatable bonds is 4. The van der Waals surface area contributed by atoms with Crippen molar-refractivity contribution in [1.29, 1.82) is 0 Å². The van der Waals surface area contributed by atoms with Crippen LogP contribution >= 0.6 is 0 Å². The molecule has 2 aliphatic heterocycles. The Labute approximate surface area is 155 Å². The first kappa shape index (κ1) is 19.2. The van der Waals surface area contributed by atoms with Gasteiger partial charge in [-0.25, -0.2) is 4.79 Å². The van der Waals surface area contributed by atoms with Crippen molar-refractivity contribution in [3.63, 3.8) is 0 Å². The molecule has 1 aromatic rings. The minimum Gasteiger partial charge on any atom is -0.465 e. The highest BCUT2D eigenvalue weighted by molar-refractivity contribution is 6.64. The molecule has 2 fully saturated rings. The summed E-state index contributed by atoms with van der Waals surface area (Å²) in [6.45, 7) is 8.56. The van der Waals surface area contributed by atoms with Crippen molar-refractivity contribution < 1.29 is 28.3 Å². The highest BCUT2D eigenvalue weighted by atomic mass is 16.7. The van der Waals surface area contributed by atoms with E-state index in [9.17, 15) is 4.79 Å². The second kappa shape index (κ2) is 7.21. The molecule has 0 radical (unpaired) electrons. The van der Waals surface area contributed by atoms with Crippen molar-refractivity contribution in [3.05, 3.63) is 23.8 Å². The van der Waals surface area contributed by atoms with Crippen molar-refractivity contribution >= 4 is 18.6 Å². The molecular formula is C19H27BO6. The lowest BCUT2D eigenvalue weighted by Crippen LogP contribution is -2.41. The van der Waals surface area contributed by atoms with Gasteiger partial charge in [-0.1, -0.05) is 6.07 Å². The summed E-state index contributed by atoms with van der Waals surface area (Å²) in [4.78, 5) is 12.3. The summed E-state index contributed by atoms with van der Waals surface area (Å²) in [5.41, 5.74) is -0.134. The van der Waals surface area contributed by atoms with Gasteiger partial charge in [0.1, 0.15) is 5.75 Å². The molecule has 1 aromatic carbocycles. The maximum atomic E-state index is 12.3. The molecule has 1 unspecified atom stereocenters. The van der Waals surface area contributed by atoms with Crippen LogP contribution in [0.5, 0.6) is 5.75 Å². The Kier molecular flexibility index (Phi) is 5.33. The summed E-state index contributed by atoms with van der Waals surface area (Å²) in [6, 6.07) is 5.27. The van der Waals surface area contributed by atoms with E-state index in [1.54, 1.807) is 12.1 Å². The summed E-state index contributed by atoms with van der Waals surface area (Å²) < 4.78 is 29.0. The Morgan fingerprint density at radius 2 is 1.85 bits per heavy atom. The van der Waals surface area contributed by atoms with Gasteiger partial charge in [0.25, 0.3) is 0 Å². The topological polar surface area (TPSA) is 63.2 Å². The summed E-state index contributed by atoms with van der Waals surface area (Å²) in [7, 11) is 0.627. The van der Waals surface area contributed by atoms with Gasteiger partial charge in [0.15, 0.2) is 6.29 Å². The highest BCUT2D eigenvalue weighted by Crippen LogP contribution is 2.37. The van der Waals surface area contributed by atoms with E-state index < -0.39 is 24.3 Å². The van der Waals surface area contributed by atoms with Crippen LogP contribution in [0.1, 0.15) is 57.3 Å². The first-order valence-electron chi connectivity index (χ1n) is 9.10. The Morgan fingerprint density at radius 1 is 1.15 bits per heavy atom. The summed E-state index contributed by atoms with van der Waals surface area (Å²) >= 11 is 0. The van der Waals surface area contributed by atoms with Crippen LogP contribution in [0.15, 0.2) is 18.2 Å². The second-order valence-electron chi connectivity index (χ2n) is 7.71. The summed E-state index contributed by atoms with van der Waals surface area (Å²) in [5, 5.41) is 0. The molecule has 0 saturated carbocycles. The van der Waals surface area contributed by atoms with Crippen LogP contribution in [0.4, 0.5) is 0 Å². The van der Waals surface area contributed by atoms with Crippen molar-refractivity contribution in [2.45, 2.75) is 64.4 Å². The molecule has 0 spiro atoms. The van der Waals surface area contributed by atoms with E-state index in [2.05, 4.69) is 0 Å². The van der Waals surface area contributed by atoms with Gasteiger partial charge in [-0.3, -0.25) is 0 Å². The van der Waals surface area contributed by atoms with E-state index in [4.69, 9.17) is 23.5 Å². The SMILES string of the molecule is COC(=O)c1cccc(OC2CCCCO2)c1B1OC(C)(C)C(C)(C)O1. The lowest BCUT2D eigenvalue weighted by atomic mass is 9.75. The van der Waals surface area contributed by atoms with E-state index in [-0.39, 0.29) is 6.29 Å². The second-order valence-corrected chi connectivity index (χ2v) is 7.71. The van der Waals surface area contributed by atoms with E-state index in [0.717, 1.165) is 19.3 Å². The van der Waals surface area contributed by atoms with Gasteiger partial charge in [-0.2, -0.15) is 0 Å². The first-order chi connectivity index (χ1) is 12.2. The monoisotopic (exact) mass is 362 g/mol. The minimum absolute atomic E-state index is 0.335. The van der Waals surface area contributed by atoms with Crippen molar-refractivity contribution in [2.24, 2.45) is 0 Å². The molecule has 2 saturated heterocycles. The maximum absolute atomic E-state index is 12.3. The van der Waals surface area contributed by atoms with Gasteiger partial charge in [0.05, 0.1) is 30.5 Å². The molecule has 1 atom stereocenters. The molecule has 3 rings (SSSR count). The molecule has 2 aliphatic rings. The van der Waals surface area contributed by atoms with E-state index in [1.807, 2.05) is 33.8 Å². The largest absolute Gasteiger partial charge is 0.499 e. The predicted octanol–water partition coefficient (Wildman–Crippen LogP) is 2.68. The molecular weight excluding hydrogens is 335 g/mol. The van der Waals surface area contributed by atoms with E-state index in [0.29, 0.717) is 23.4 Å². The minimum atomic E-state index is -0.728. The number of carbonyl (C=O) groups excluding carboxylic acids is 1. The number of esters is 1. The van der Waals surface area contributed by atoms with Crippen LogP contribution in [0.2, 0.25) is 0 Å². The van der Waals surface area contributed by atoms with Crippen LogP contribution in [-0.2, 0) is 18.8 Å². The molecule has 142 valence electrons. The number of ether oxygens (including phenoxy) is 3. The Morgan fingerprint density at radius 3 is 2.42 bits per heavy atom. The Balaban J connectivity index is 1.98. The first-order valence-corrected chi connectivity index (χ1v) is 9.10. The fourth-order valence-electron chi connectivity index (χ4n) is 3.08. The molecule has 0 bridgehead atoms. The summed E-state index contributed by atoms with van der Waals surface area (Å²) in [6.07, 6.45) is 2.56. The van der Waals surface area contributed by atoms with E-state index >= 15 is 0 Å². The smallest absolute Gasteiger partial charge is 0.465 e. The fraction of sp³-hybridized carbons (Fsp3) is 0.632. The summed E-state index contributed by atoms with van der Waals surface area (Å²) in [5.74, 6) is 0.0722. The van der Waals surface area contributed by atoms with Crippen molar-refractivity contribution in [3.8, 4) is 5.75 Å². The number of hydrogen-bond acceptors (Lipinski definition) is 6. The molecule has 26 heavy (non-hydrogen) atoms. The molecule has 0 amide bonds. The number of methoxy groups -OCH3 is 1. The van der Waals surface area contributed by atoms with Gasteiger partial charge in [0, 0.05) is 11.9 Å². The van der Waals surface area contributed by atoms with Crippen LogP contribution in [-0.4, -0.2) is 44.3 Å². The lowest BCUT2D eigenvalue weighted by Gasteiger charge is -2.32. The van der Waals surface area contributed by atoms with Gasteiger partial charge in [0.2, 0.25) is 0 Å². The van der Waals surface area contributed by atoms with Crippen LogP contribution in [0.3, 0.4) is 0 Å². The average molecular weight is 362 g/mol. The van der Waals surface area contributed by atoms with Gasteiger partial charge in [-0.15, -0.1) is 0 Å². The Bertz CT molecular complexity index is 650. The van der Waals surface area contributed by atoms with Crippen LogP contribution < -0.4 is 10.2 Å². The van der Waals surface area contributed by atoms with E-state index in [1.165, 1.54) is 7.11 Å². The zero-order valence-electron chi connectivity index (χ0n) is 16.2. The maximum Gasteiger partial charge on any atom is 0.499 e. The molecule has 7 heteroatoms. The third kappa shape index (κ3) is 3.61. The van der Waals surface area contributed by atoms with Gasteiger partial charge < -0.3 is 23.5 Å². The molecule has 0 aromatic heterocycles. The fourth-order valence-corrected chi connectivity index (χ4v) is 3.08. The normalized spacial score (nSPS) is 24.3. The predicted molar refractivity (Wildman–Crippen MR) is 97.7 cm³/mol. The number of carbonyl (C=O) groups is 1. The molecule has 0 aliphatic carbocycles. The standard InChI is InChI=1S/C19H27BO6/c1-18(2)19(3,4)26-20(25-18)16-13(17(21)22-5)9-8-10-14(16)24-15-11-6-7-12-23-15/h8-10,15H,6-7,11-12H2,1-5H3. The van der Waals surface area contributed by atoms with Gasteiger partial charge in [-0.05, 0) is 52.7 Å². The third-order valence-corrected chi connectivity index (χ3v) is 5.36. The molecule has 0 N–H and O–H groups in total. The molecule has 2 heterocycles. The van der Waals surface area contributed by atoms with Crippen molar-refractivity contribution in [2.75, 3.05) is 13.7 Å². The van der Waals surface area contributed by atoms with Gasteiger partial charge >= 0.3 is 13.1 Å². The highest BCUT2D eigenvalue weighted by Gasteiger charge is 2.53. The number of benzene rings is 1. The zero-order valence-corrected chi connectivity index (χ0v) is 16.2. The average Bonchev–Trinajstić information content (AvgIpc) is 2.82. The zero-order chi connectivity index (χ0) is 18.9. The van der Waals surface area contributed by atoms with Crippen molar-refractivity contribution in [1.82, 2.24) is 0 Å². The quantitative estimate of drug-likeness (QED) is 0.606. The third-order valence-electron chi connectivity index (χ3n) is 5.36. The van der Waals surface area contributed by atoms with Crippen LogP contribution in [0, 0.1) is 0 Å².